The Morgan fingerprint density at radius 1 is 0.897 bits per heavy atom. The lowest BCUT2D eigenvalue weighted by Gasteiger charge is -2.30. The molecule has 0 radical (unpaired) electrons. The van der Waals surface area contributed by atoms with Crippen LogP contribution in [0.4, 0.5) is 0 Å². The zero-order valence-corrected chi connectivity index (χ0v) is 16.0. The fourth-order valence-corrected chi connectivity index (χ4v) is 4.60. The van der Waals surface area contributed by atoms with Gasteiger partial charge in [0, 0.05) is 22.3 Å². The molecule has 4 aromatic rings. The molecule has 0 spiro atoms. The molecule has 0 unspecified atom stereocenters. The lowest BCUT2D eigenvalue weighted by molar-refractivity contribution is 0.0835. The van der Waals surface area contributed by atoms with Crippen molar-refractivity contribution in [1.82, 2.24) is 4.57 Å². The van der Waals surface area contributed by atoms with E-state index in [2.05, 4.69) is 28.8 Å². The summed E-state index contributed by atoms with van der Waals surface area (Å²) in [5.74, 6) is -0.0454. The molecule has 3 aromatic carbocycles. The molecule has 3 nitrogen and oxygen atoms in total. The summed E-state index contributed by atoms with van der Waals surface area (Å²) in [5, 5.41) is 11.1. The number of carbonyl (C=O) groups excluding carboxylic acids is 1. The van der Waals surface area contributed by atoms with E-state index < -0.39 is 5.41 Å². The lowest BCUT2D eigenvalue weighted by Crippen LogP contribution is -2.37. The Morgan fingerprint density at radius 3 is 2.28 bits per heavy atom. The number of fused-ring (bicyclic) bond motifs is 3. The van der Waals surface area contributed by atoms with E-state index in [4.69, 9.17) is 0 Å². The fourth-order valence-electron chi connectivity index (χ4n) is 4.60. The number of aromatic nitrogens is 1. The van der Waals surface area contributed by atoms with Crippen LogP contribution in [0.3, 0.4) is 0 Å². The van der Waals surface area contributed by atoms with Gasteiger partial charge < -0.3 is 4.57 Å². The third kappa shape index (κ3) is 2.68. The summed E-state index contributed by atoms with van der Waals surface area (Å²) in [4.78, 5) is 13.8. The number of Topliss-reactive ketones (excluding diaryl/α,β-unsaturated/α-hetero) is 1. The SMILES string of the molecule is N#C[C@]1(Cc2ccccc2)CCc2c(c3ccccc3n2-c2ccccc2)C1=O. The summed E-state index contributed by atoms with van der Waals surface area (Å²) in [7, 11) is 0. The van der Waals surface area contributed by atoms with E-state index in [1.165, 1.54) is 0 Å². The first-order valence-electron chi connectivity index (χ1n) is 9.91. The number of nitriles is 1. The predicted molar refractivity (Wildman–Crippen MR) is 114 cm³/mol. The van der Waals surface area contributed by atoms with Crippen LogP contribution in [0.5, 0.6) is 0 Å². The molecule has 140 valence electrons. The molecular formula is C26H20N2O. The maximum absolute atomic E-state index is 13.8. The van der Waals surface area contributed by atoms with Crippen LogP contribution in [0.25, 0.3) is 16.6 Å². The first kappa shape index (κ1) is 17.5. The Labute approximate surface area is 169 Å². The number of hydrogen-bond donors (Lipinski definition) is 0. The van der Waals surface area contributed by atoms with E-state index in [-0.39, 0.29) is 5.78 Å². The molecule has 1 aliphatic rings. The van der Waals surface area contributed by atoms with Crippen molar-refractivity contribution < 1.29 is 4.79 Å². The third-order valence-corrected chi connectivity index (χ3v) is 6.00. The van der Waals surface area contributed by atoms with Crippen molar-refractivity contribution in [1.29, 1.82) is 5.26 Å². The van der Waals surface area contributed by atoms with Gasteiger partial charge in [0.2, 0.25) is 0 Å². The third-order valence-electron chi connectivity index (χ3n) is 6.00. The second-order valence-electron chi connectivity index (χ2n) is 7.70. The molecule has 0 bridgehead atoms. The summed E-state index contributed by atoms with van der Waals surface area (Å²) in [5.41, 5.74) is 3.81. The van der Waals surface area contributed by atoms with Gasteiger partial charge in [0.1, 0.15) is 5.41 Å². The fraction of sp³-hybridized carbons (Fsp3) is 0.154. The van der Waals surface area contributed by atoms with Crippen molar-refractivity contribution >= 4 is 16.7 Å². The van der Waals surface area contributed by atoms with E-state index in [1.54, 1.807) is 0 Å². The minimum absolute atomic E-state index is 0.0454. The quantitative estimate of drug-likeness (QED) is 0.473. The molecule has 0 N–H and O–H groups in total. The molecule has 0 aliphatic heterocycles. The van der Waals surface area contributed by atoms with E-state index >= 15 is 0 Å². The summed E-state index contributed by atoms with van der Waals surface area (Å²) in [6.45, 7) is 0. The Hall–Kier alpha value is -3.64. The number of rotatable bonds is 3. The summed E-state index contributed by atoms with van der Waals surface area (Å²) >= 11 is 0. The zero-order chi connectivity index (χ0) is 19.8. The van der Waals surface area contributed by atoms with Crippen molar-refractivity contribution in [2.45, 2.75) is 19.3 Å². The Kier molecular flexibility index (Phi) is 4.07. The van der Waals surface area contributed by atoms with E-state index in [9.17, 15) is 10.1 Å². The molecule has 29 heavy (non-hydrogen) atoms. The number of para-hydroxylation sites is 2. The number of nitrogens with zero attached hydrogens (tertiary/aromatic N) is 2. The molecule has 0 saturated carbocycles. The van der Waals surface area contributed by atoms with Gasteiger partial charge in [-0.3, -0.25) is 4.79 Å². The molecule has 5 rings (SSSR count). The van der Waals surface area contributed by atoms with Gasteiger partial charge in [0.05, 0.1) is 11.6 Å². The first-order valence-corrected chi connectivity index (χ1v) is 9.91. The minimum Gasteiger partial charge on any atom is -0.313 e. The van der Waals surface area contributed by atoms with E-state index in [0.29, 0.717) is 24.8 Å². The Balaban J connectivity index is 1.71. The molecule has 1 aliphatic carbocycles. The minimum atomic E-state index is -1.01. The lowest BCUT2D eigenvalue weighted by atomic mass is 9.69. The molecule has 0 amide bonds. The average molecular weight is 376 g/mol. The molecular weight excluding hydrogens is 356 g/mol. The topological polar surface area (TPSA) is 45.8 Å². The average Bonchev–Trinajstić information content (AvgIpc) is 3.12. The number of hydrogen-bond acceptors (Lipinski definition) is 2. The van der Waals surface area contributed by atoms with Crippen molar-refractivity contribution in [3.63, 3.8) is 0 Å². The Bertz CT molecular complexity index is 1250. The van der Waals surface area contributed by atoms with Crippen molar-refractivity contribution in [3.05, 3.63) is 102 Å². The number of ketones is 1. The maximum Gasteiger partial charge on any atom is 0.185 e. The highest BCUT2D eigenvalue weighted by Gasteiger charge is 2.45. The van der Waals surface area contributed by atoms with Crippen molar-refractivity contribution in [2.75, 3.05) is 0 Å². The highest BCUT2D eigenvalue weighted by Crippen LogP contribution is 2.43. The van der Waals surface area contributed by atoms with Gasteiger partial charge in [-0.25, -0.2) is 0 Å². The predicted octanol–water partition coefficient (Wildman–Crippen LogP) is 5.51. The van der Waals surface area contributed by atoms with Crippen LogP contribution < -0.4 is 0 Å². The normalized spacial score (nSPS) is 18.4. The second-order valence-corrected chi connectivity index (χ2v) is 7.70. The van der Waals surface area contributed by atoms with E-state index in [1.807, 2.05) is 66.7 Å². The largest absolute Gasteiger partial charge is 0.313 e. The van der Waals surface area contributed by atoms with Gasteiger partial charge in [0.15, 0.2) is 5.78 Å². The summed E-state index contributed by atoms with van der Waals surface area (Å²) < 4.78 is 2.19. The van der Waals surface area contributed by atoms with Gasteiger partial charge in [-0.2, -0.15) is 5.26 Å². The van der Waals surface area contributed by atoms with Crippen LogP contribution in [0.15, 0.2) is 84.9 Å². The highest BCUT2D eigenvalue weighted by atomic mass is 16.1. The monoisotopic (exact) mass is 376 g/mol. The van der Waals surface area contributed by atoms with Crippen LogP contribution in [0.1, 0.15) is 28.0 Å². The molecule has 0 fully saturated rings. The first-order chi connectivity index (χ1) is 14.2. The van der Waals surface area contributed by atoms with Crippen LogP contribution in [-0.4, -0.2) is 10.4 Å². The second kappa shape index (κ2) is 6.76. The number of carbonyl (C=O) groups is 1. The van der Waals surface area contributed by atoms with Crippen LogP contribution in [-0.2, 0) is 12.8 Å². The highest BCUT2D eigenvalue weighted by molar-refractivity contribution is 6.14. The molecule has 1 atom stereocenters. The van der Waals surface area contributed by atoms with E-state index in [0.717, 1.165) is 27.8 Å². The van der Waals surface area contributed by atoms with Crippen LogP contribution in [0.2, 0.25) is 0 Å². The van der Waals surface area contributed by atoms with Gasteiger partial charge in [-0.15, -0.1) is 0 Å². The van der Waals surface area contributed by atoms with Crippen LogP contribution >= 0.6 is 0 Å². The van der Waals surface area contributed by atoms with Crippen molar-refractivity contribution in [2.24, 2.45) is 5.41 Å². The van der Waals surface area contributed by atoms with Crippen LogP contribution in [0, 0.1) is 16.7 Å². The maximum atomic E-state index is 13.8. The van der Waals surface area contributed by atoms with Gasteiger partial charge >= 0.3 is 0 Å². The summed E-state index contributed by atoms with van der Waals surface area (Å²) in [6, 6.07) is 30.4. The van der Waals surface area contributed by atoms with Gasteiger partial charge in [0.25, 0.3) is 0 Å². The molecule has 0 saturated heterocycles. The molecule has 1 heterocycles. The van der Waals surface area contributed by atoms with Crippen molar-refractivity contribution in [3.8, 4) is 11.8 Å². The smallest absolute Gasteiger partial charge is 0.185 e. The Morgan fingerprint density at radius 2 is 1.55 bits per heavy atom. The summed E-state index contributed by atoms with van der Waals surface area (Å²) in [6.07, 6.45) is 1.69. The van der Waals surface area contributed by atoms with Gasteiger partial charge in [-0.05, 0) is 43.0 Å². The standard InChI is InChI=1S/C26H20N2O/c27-18-26(17-19-9-3-1-4-10-19)16-15-23-24(25(26)29)21-13-7-8-14-22(21)28(23)20-11-5-2-6-12-20/h1-14H,15-17H2/t26-/m1/s1. The zero-order valence-electron chi connectivity index (χ0n) is 16.0. The van der Waals surface area contributed by atoms with Gasteiger partial charge in [-0.1, -0.05) is 66.7 Å². The molecule has 3 heteroatoms. The number of benzene rings is 3. The molecule has 1 aromatic heterocycles.